The van der Waals surface area contributed by atoms with Crippen molar-refractivity contribution in [3.63, 3.8) is 0 Å². The molecule has 1 aliphatic carbocycles. The number of ether oxygens (including phenoxy) is 1. The van der Waals surface area contributed by atoms with Crippen molar-refractivity contribution in [1.82, 2.24) is 0 Å². The second-order valence-electron chi connectivity index (χ2n) is 5.37. The van der Waals surface area contributed by atoms with Crippen LogP contribution in [0.3, 0.4) is 0 Å². The zero-order valence-corrected chi connectivity index (χ0v) is 10.7. The molecule has 0 bridgehead atoms. The second-order valence-corrected chi connectivity index (χ2v) is 5.37. The lowest BCUT2D eigenvalue weighted by molar-refractivity contribution is 0.135. The normalized spacial score (nSPS) is 27.5. The molecule has 2 atom stereocenters. The Hall–Kier alpha value is -1.22. The second kappa shape index (κ2) is 5.19. The fraction of sp³-hybridized carbons (Fsp3) is 0.600. The predicted octanol–water partition coefficient (Wildman–Crippen LogP) is 2.44. The number of aliphatic hydroxyl groups is 1. The Morgan fingerprint density at radius 2 is 2.11 bits per heavy atom. The van der Waals surface area contributed by atoms with E-state index >= 15 is 0 Å². The molecule has 98 valence electrons. The third kappa shape index (κ3) is 2.32. The molecule has 3 rings (SSSR count). The Morgan fingerprint density at radius 3 is 2.94 bits per heavy atom. The van der Waals surface area contributed by atoms with Crippen LogP contribution in [0.2, 0.25) is 0 Å². The highest BCUT2D eigenvalue weighted by Crippen LogP contribution is 2.33. The first-order chi connectivity index (χ1) is 8.84. The maximum atomic E-state index is 9.98. The van der Waals surface area contributed by atoms with Crippen molar-refractivity contribution >= 4 is 5.69 Å². The molecule has 1 aromatic carbocycles. The Bertz CT molecular complexity index is 407. The summed E-state index contributed by atoms with van der Waals surface area (Å²) >= 11 is 0. The van der Waals surface area contributed by atoms with Gasteiger partial charge in [-0.05, 0) is 31.4 Å². The lowest BCUT2D eigenvalue weighted by Crippen LogP contribution is -2.33. The van der Waals surface area contributed by atoms with Gasteiger partial charge in [0.1, 0.15) is 5.75 Å². The van der Waals surface area contributed by atoms with Gasteiger partial charge in [0, 0.05) is 19.0 Å². The summed E-state index contributed by atoms with van der Waals surface area (Å²) < 4.78 is 5.77. The van der Waals surface area contributed by atoms with E-state index in [0.29, 0.717) is 5.92 Å². The minimum absolute atomic E-state index is 0.110. The van der Waals surface area contributed by atoms with E-state index < -0.39 is 0 Å². The first kappa shape index (κ1) is 11.8. The topological polar surface area (TPSA) is 32.7 Å². The lowest BCUT2D eigenvalue weighted by atomic mass is 10.0. The van der Waals surface area contributed by atoms with E-state index in [1.54, 1.807) is 0 Å². The van der Waals surface area contributed by atoms with Gasteiger partial charge in [-0.1, -0.05) is 18.6 Å². The summed E-state index contributed by atoms with van der Waals surface area (Å²) in [6.07, 6.45) is 4.23. The van der Waals surface area contributed by atoms with Crippen molar-refractivity contribution in [3.8, 4) is 5.75 Å². The van der Waals surface area contributed by atoms with Crippen LogP contribution in [0, 0.1) is 5.92 Å². The fourth-order valence-electron chi connectivity index (χ4n) is 3.10. The van der Waals surface area contributed by atoms with Gasteiger partial charge in [-0.2, -0.15) is 0 Å². The summed E-state index contributed by atoms with van der Waals surface area (Å²) in [5.41, 5.74) is 1.19. The van der Waals surface area contributed by atoms with Crippen LogP contribution in [0.1, 0.15) is 25.7 Å². The standard InChI is InChI=1S/C15H21NO2/c17-14-7-3-5-12(14)11-16-9-4-10-18-15-8-2-1-6-13(15)16/h1-2,6,8,12,14,17H,3-5,7,9-11H2. The van der Waals surface area contributed by atoms with Gasteiger partial charge in [-0.3, -0.25) is 0 Å². The minimum atomic E-state index is -0.110. The van der Waals surface area contributed by atoms with E-state index in [2.05, 4.69) is 17.0 Å². The molecule has 1 aromatic rings. The highest BCUT2D eigenvalue weighted by molar-refractivity contribution is 5.59. The molecule has 1 aliphatic heterocycles. The van der Waals surface area contributed by atoms with E-state index in [1.165, 1.54) is 5.69 Å². The monoisotopic (exact) mass is 247 g/mol. The molecule has 2 unspecified atom stereocenters. The number of anilines is 1. The molecule has 1 N–H and O–H groups in total. The molecule has 0 saturated heterocycles. The Balaban J connectivity index is 1.79. The van der Waals surface area contributed by atoms with E-state index in [9.17, 15) is 5.11 Å². The molecular formula is C15H21NO2. The molecule has 0 radical (unpaired) electrons. The summed E-state index contributed by atoms with van der Waals surface area (Å²) in [4.78, 5) is 2.39. The predicted molar refractivity (Wildman–Crippen MR) is 72.1 cm³/mol. The van der Waals surface area contributed by atoms with Crippen LogP contribution in [0.25, 0.3) is 0 Å². The van der Waals surface area contributed by atoms with Gasteiger partial charge in [0.25, 0.3) is 0 Å². The Labute approximate surface area is 108 Å². The molecular weight excluding hydrogens is 226 g/mol. The quantitative estimate of drug-likeness (QED) is 0.871. The lowest BCUT2D eigenvalue weighted by Gasteiger charge is -2.28. The van der Waals surface area contributed by atoms with Crippen molar-refractivity contribution in [2.75, 3.05) is 24.6 Å². The number of hydrogen-bond donors (Lipinski definition) is 1. The van der Waals surface area contributed by atoms with Crippen LogP contribution in [0.15, 0.2) is 24.3 Å². The third-order valence-electron chi connectivity index (χ3n) is 4.11. The molecule has 0 spiro atoms. The molecule has 2 aliphatic rings. The van der Waals surface area contributed by atoms with Gasteiger partial charge in [-0.25, -0.2) is 0 Å². The SMILES string of the molecule is OC1CCCC1CN1CCCOc2ccccc21. The van der Waals surface area contributed by atoms with Gasteiger partial charge in [-0.15, -0.1) is 0 Å². The number of aliphatic hydroxyl groups excluding tert-OH is 1. The molecule has 0 amide bonds. The van der Waals surface area contributed by atoms with Crippen LogP contribution in [-0.4, -0.2) is 30.9 Å². The van der Waals surface area contributed by atoms with E-state index in [4.69, 9.17) is 4.74 Å². The first-order valence-corrected chi connectivity index (χ1v) is 6.99. The molecule has 0 aromatic heterocycles. The van der Waals surface area contributed by atoms with Crippen LogP contribution in [0.4, 0.5) is 5.69 Å². The molecule has 1 fully saturated rings. The maximum absolute atomic E-state index is 9.98. The average molecular weight is 247 g/mol. The van der Waals surface area contributed by atoms with Crippen molar-refractivity contribution < 1.29 is 9.84 Å². The van der Waals surface area contributed by atoms with Crippen molar-refractivity contribution in [2.24, 2.45) is 5.92 Å². The zero-order chi connectivity index (χ0) is 12.4. The molecule has 3 nitrogen and oxygen atoms in total. The molecule has 18 heavy (non-hydrogen) atoms. The number of rotatable bonds is 2. The van der Waals surface area contributed by atoms with Gasteiger partial charge < -0.3 is 14.7 Å². The molecule has 1 saturated carbocycles. The van der Waals surface area contributed by atoms with Crippen LogP contribution in [0.5, 0.6) is 5.75 Å². The zero-order valence-electron chi connectivity index (χ0n) is 10.7. The minimum Gasteiger partial charge on any atom is -0.491 e. The molecule has 3 heteroatoms. The highest BCUT2D eigenvalue weighted by atomic mass is 16.5. The summed E-state index contributed by atoms with van der Waals surface area (Å²) in [7, 11) is 0. The summed E-state index contributed by atoms with van der Waals surface area (Å²) in [6, 6.07) is 8.25. The van der Waals surface area contributed by atoms with Gasteiger partial charge in [0.15, 0.2) is 0 Å². The number of para-hydroxylation sites is 2. The van der Waals surface area contributed by atoms with E-state index in [1.807, 2.05) is 12.1 Å². The van der Waals surface area contributed by atoms with E-state index in [0.717, 1.165) is 51.1 Å². The van der Waals surface area contributed by atoms with Crippen molar-refractivity contribution in [2.45, 2.75) is 31.8 Å². The van der Waals surface area contributed by atoms with Crippen LogP contribution >= 0.6 is 0 Å². The van der Waals surface area contributed by atoms with Gasteiger partial charge >= 0.3 is 0 Å². The van der Waals surface area contributed by atoms with Crippen molar-refractivity contribution in [3.05, 3.63) is 24.3 Å². The summed E-state index contributed by atoms with van der Waals surface area (Å²) in [6.45, 7) is 2.78. The largest absolute Gasteiger partial charge is 0.491 e. The van der Waals surface area contributed by atoms with Crippen molar-refractivity contribution in [1.29, 1.82) is 0 Å². The highest BCUT2D eigenvalue weighted by Gasteiger charge is 2.28. The van der Waals surface area contributed by atoms with Gasteiger partial charge in [0.2, 0.25) is 0 Å². The molecule has 1 heterocycles. The maximum Gasteiger partial charge on any atom is 0.142 e. The summed E-state index contributed by atoms with van der Waals surface area (Å²) in [5, 5.41) is 9.98. The number of benzene rings is 1. The fourth-order valence-corrected chi connectivity index (χ4v) is 3.10. The number of hydrogen-bond acceptors (Lipinski definition) is 3. The third-order valence-corrected chi connectivity index (χ3v) is 4.11. The van der Waals surface area contributed by atoms with Crippen LogP contribution in [-0.2, 0) is 0 Å². The van der Waals surface area contributed by atoms with E-state index in [-0.39, 0.29) is 6.10 Å². The number of fused-ring (bicyclic) bond motifs is 1. The van der Waals surface area contributed by atoms with Crippen LogP contribution < -0.4 is 9.64 Å². The number of nitrogens with zero attached hydrogens (tertiary/aromatic N) is 1. The smallest absolute Gasteiger partial charge is 0.142 e. The Kier molecular flexibility index (Phi) is 3.41. The first-order valence-electron chi connectivity index (χ1n) is 6.99. The van der Waals surface area contributed by atoms with Gasteiger partial charge in [0.05, 0.1) is 18.4 Å². The summed E-state index contributed by atoms with van der Waals surface area (Å²) in [5.74, 6) is 1.42. The average Bonchev–Trinajstić information content (AvgIpc) is 2.68. The Morgan fingerprint density at radius 1 is 1.22 bits per heavy atom.